The molecule has 1 atom stereocenters. The Bertz CT molecular complexity index is 565. The second-order valence-electron chi connectivity index (χ2n) is 5.98. The molecule has 3 rings (SSSR count). The third-order valence-electron chi connectivity index (χ3n) is 4.13. The normalized spacial score (nSPS) is 24.4. The molecule has 1 aliphatic carbocycles. The van der Waals surface area contributed by atoms with Crippen molar-refractivity contribution in [3.8, 4) is 0 Å². The summed E-state index contributed by atoms with van der Waals surface area (Å²) in [6, 6.07) is 2.32. The van der Waals surface area contributed by atoms with E-state index in [9.17, 15) is 8.42 Å². The van der Waals surface area contributed by atoms with Crippen LogP contribution in [0.3, 0.4) is 0 Å². The van der Waals surface area contributed by atoms with Gasteiger partial charge in [-0.2, -0.15) is 5.10 Å². The third kappa shape index (κ3) is 3.59. The molecule has 0 spiro atoms. The summed E-state index contributed by atoms with van der Waals surface area (Å²) in [5, 5.41) is 4.34. The molecule has 2 aliphatic rings. The van der Waals surface area contributed by atoms with Gasteiger partial charge in [0, 0.05) is 38.4 Å². The lowest BCUT2D eigenvalue weighted by Gasteiger charge is -2.29. The van der Waals surface area contributed by atoms with Crippen LogP contribution in [0.2, 0.25) is 0 Å². The van der Waals surface area contributed by atoms with Crippen molar-refractivity contribution in [1.82, 2.24) is 19.4 Å². The van der Waals surface area contributed by atoms with E-state index < -0.39 is 10.0 Å². The van der Waals surface area contributed by atoms with Gasteiger partial charge < -0.3 is 0 Å². The minimum absolute atomic E-state index is 0.257. The van der Waals surface area contributed by atoms with Crippen LogP contribution < -0.4 is 4.72 Å². The molecule has 1 N–H and O–H groups in total. The molecule has 0 radical (unpaired) electrons. The van der Waals surface area contributed by atoms with Gasteiger partial charge in [-0.3, -0.25) is 9.58 Å². The van der Waals surface area contributed by atoms with Crippen LogP contribution in [0.5, 0.6) is 0 Å². The van der Waals surface area contributed by atoms with Crippen molar-refractivity contribution in [2.45, 2.75) is 38.4 Å². The van der Waals surface area contributed by atoms with E-state index in [2.05, 4.69) is 20.8 Å². The number of aryl methyl sites for hydroxylation is 1. The van der Waals surface area contributed by atoms with Gasteiger partial charge in [-0.05, 0) is 31.2 Å². The lowest BCUT2D eigenvalue weighted by atomic mass is 10.1. The Morgan fingerprint density at radius 2 is 2.20 bits per heavy atom. The first-order valence-corrected chi connectivity index (χ1v) is 9.10. The van der Waals surface area contributed by atoms with Crippen LogP contribution in [0.1, 0.15) is 25.0 Å². The molecule has 1 unspecified atom stereocenters. The highest BCUT2D eigenvalue weighted by Gasteiger charge is 2.30. The van der Waals surface area contributed by atoms with Crippen molar-refractivity contribution in [1.29, 1.82) is 0 Å². The highest BCUT2D eigenvalue weighted by Crippen LogP contribution is 2.31. The minimum atomic E-state index is -3.12. The maximum atomic E-state index is 11.3. The molecule has 6 nitrogen and oxygen atoms in total. The van der Waals surface area contributed by atoms with Gasteiger partial charge in [0.25, 0.3) is 0 Å². The number of sulfonamides is 1. The summed E-state index contributed by atoms with van der Waals surface area (Å²) in [5.74, 6) is 0.796. The predicted molar refractivity (Wildman–Crippen MR) is 76.6 cm³/mol. The van der Waals surface area contributed by atoms with E-state index >= 15 is 0 Å². The molecular formula is C13H22N4O2S. The smallest absolute Gasteiger partial charge is 0.208 e. The number of nitrogens with zero attached hydrogens (tertiary/aromatic N) is 3. The van der Waals surface area contributed by atoms with Crippen molar-refractivity contribution in [3.05, 3.63) is 18.0 Å². The highest BCUT2D eigenvalue weighted by atomic mass is 32.2. The van der Waals surface area contributed by atoms with Gasteiger partial charge >= 0.3 is 0 Å². The maximum Gasteiger partial charge on any atom is 0.208 e. The molecule has 0 aromatic carbocycles. The molecule has 112 valence electrons. The van der Waals surface area contributed by atoms with Crippen LogP contribution in [0.15, 0.2) is 12.3 Å². The zero-order chi connectivity index (χ0) is 14.2. The molecule has 7 heteroatoms. The highest BCUT2D eigenvalue weighted by molar-refractivity contribution is 7.88. The van der Waals surface area contributed by atoms with E-state index in [0.29, 0.717) is 6.54 Å². The van der Waals surface area contributed by atoms with Gasteiger partial charge in [-0.15, -0.1) is 0 Å². The first-order valence-electron chi connectivity index (χ1n) is 7.20. The van der Waals surface area contributed by atoms with Crippen molar-refractivity contribution < 1.29 is 8.42 Å². The van der Waals surface area contributed by atoms with Gasteiger partial charge in [-0.1, -0.05) is 0 Å². The second-order valence-corrected chi connectivity index (χ2v) is 7.81. The topological polar surface area (TPSA) is 67.2 Å². The standard InChI is InChI=1S/C13H22N4O2S/c1-20(18,19)15-8-12-5-7-17-13(4-6-14-17)10-16(12)9-11-2-3-11/h4,6,11-12,15H,2-3,5,7-10H2,1H3. The molecule has 1 saturated carbocycles. The third-order valence-corrected chi connectivity index (χ3v) is 4.82. The van der Waals surface area contributed by atoms with Gasteiger partial charge in [0.1, 0.15) is 0 Å². The fourth-order valence-corrected chi connectivity index (χ4v) is 3.31. The zero-order valence-electron chi connectivity index (χ0n) is 11.8. The molecular weight excluding hydrogens is 276 g/mol. The Labute approximate surface area is 120 Å². The van der Waals surface area contributed by atoms with Crippen LogP contribution in [0, 0.1) is 5.92 Å². The summed E-state index contributed by atoms with van der Waals surface area (Å²) in [6.07, 6.45) is 6.62. The molecule has 1 aliphatic heterocycles. The lowest BCUT2D eigenvalue weighted by Crippen LogP contribution is -2.43. The van der Waals surface area contributed by atoms with Crippen molar-refractivity contribution in [2.24, 2.45) is 5.92 Å². The number of hydrogen-bond donors (Lipinski definition) is 1. The van der Waals surface area contributed by atoms with Crippen molar-refractivity contribution in [2.75, 3.05) is 19.3 Å². The van der Waals surface area contributed by atoms with Gasteiger partial charge in [0.15, 0.2) is 0 Å². The van der Waals surface area contributed by atoms with Crippen LogP contribution in [-0.2, 0) is 23.1 Å². The van der Waals surface area contributed by atoms with Gasteiger partial charge in [0.05, 0.1) is 11.9 Å². The van der Waals surface area contributed by atoms with E-state index in [1.165, 1.54) is 24.8 Å². The number of hydrogen-bond acceptors (Lipinski definition) is 4. The molecule has 2 heterocycles. The Kier molecular flexibility index (Phi) is 3.83. The van der Waals surface area contributed by atoms with E-state index in [0.717, 1.165) is 32.0 Å². The summed E-state index contributed by atoms with van der Waals surface area (Å²) in [4.78, 5) is 2.43. The zero-order valence-corrected chi connectivity index (χ0v) is 12.6. The summed E-state index contributed by atoms with van der Waals surface area (Å²) in [6.45, 7) is 3.30. The SMILES string of the molecule is CS(=O)(=O)NCC1CCn2nccc2CN1CC1CC1. The minimum Gasteiger partial charge on any atom is -0.293 e. The monoisotopic (exact) mass is 298 g/mol. The van der Waals surface area contributed by atoms with Crippen molar-refractivity contribution >= 4 is 10.0 Å². The summed E-state index contributed by atoms with van der Waals surface area (Å²) in [5.41, 5.74) is 1.23. The molecule has 0 amide bonds. The molecule has 20 heavy (non-hydrogen) atoms. The van der Waals surface area contributed by atoms with Gasteiger partial charge in [-0.25, -0.2) is 13.1 Å². The molecule has 0 saturated heterocycles. The Hall–Kier alpha value is -0.920. The lowest BCUT2D eigenvalue weighted by molar-refractivity contribution is 0.177. The van der Waals surface area contributed by atoms with Gasteiger partial charge in [0.2, 0.25) is 10.0 Å². The van der Waals surface area contributed by atoms with Crippen LogP contribution in [0.25, 0.3) is 0 Å². The number of rotatable bonds is 5. The average Bonchev–Trinajstić information content (AvgIpc) is 3.10. The second kappa shape index (κ2) is 5.46. The molecule has 1 aromatic rings. The molecule has 1 aromatic heterocycles. The Morgan fingerprint density at radius 3 is 2.90 bits per heavy atom. The van der Waals surface area contributed by atoms with Crippen LogP contribution >= 0.6 is 0 Å². The quantitative estimate of drug-likeness (QED) is 0.855. The van der Waals surface area contributed by atoms with Crippen molar-refractivity contribution in [3.63, 3.8) is 0 Å². The van der Waals surface area contributed by atoms with E-state index in [4.69, 9.17) is 0 Å². The van der Waals surface area contributed by atoms with E-state index in [-0.39, 0.29) is 6.04 Å². The fraction of sp³-hybridized carbons (Fsp3) is 0.769. The largest absolute Gasteiger partial charge is 0.293 e. The summed E-state index contributed by atoms with van der Waals surface area (Å²) >= 11 is 0. The fourth-order valence-electron chi connectivity index (χ4n) is 2.81. The first-order chi connectivity index (χ1) is 9.51. The number of nitrogens with one attached hydrogen (secondary N) is 1. The summed E-state index contributed by atoms with van der Waals surface area (Å²) < 4.78 is 27.3. The van der Waals surface area contributed by atoms with Crippen LogP contribution in [0.4, 0.5) is 0 Å². The summed E-state index contributed by atoms with van der Waals surface area (Å²) in [7, 11) is -3.12. The van der Waals surface area contributed by atoms with E-state index in [1.807, 2.05) is 10.9 Å². The predicted octanol–water partition coefficient (Wildman–Crippen LogP) is 0.417. The van der Waals surface area contributed by atoms with E-state index in [1.54, 1.807) is 0 Å². The van der Waals surface area contributed by atoms with Crippen LogP contribution in [-0.4, -0.2) is 48.5 Å². The molecule has 1 fully saturated rings. The Balaban J connectivity index is 1.71. The number of aromatic nitrogens is 2. The first kappa shape index (κ1) is 14.0. The molecule has 0 bridgehead atoms. The average molecular weight is 298 g/mol. The Morgan fingerprint density at radius 1 is 1.40 bits per heavy atom. The maximum absolute atomic E-state index is 11.3. The number of fused-ring (bicyclic) bond motifs is 1.